The molecule has 0 saturated carbocycles. The normalized spacial score (nSPS) is 22.1. The molecule has 1 aliphatic heterocycles. The van der Waals surface area contributed by atoms with Gasteiger partial charge >= 0.3 is 0 Å². The number of hydrogen-bond donors (Lipinski definition) is 2. The largest absolute Gasteiger partial charge is 0.365 e. The molecular weight excluding hydrogens is 268 g/mol. The van der Waals surface area contributed by atoms with Gasteiger partial charge in [0.2, 0.25) is 0 Å². The maximum absolute atomic E-state index is 11.0. The zero-order valence-electron chi connectivity index (χ0n) is 11.0. The summed E-state index contributed by atoms with van der Waals surface area (Å²) in [6, 6.07) is 19.5. The molecule has 3 rings (SSSR count). The number of para-hydroxylation sites is 1. The van der Waals surface area contributed by atoms with Crippen molar-refractivity contribution >= 4 is 17.4 Å². The summed E-state index contributed by atoms with van der Waals surface area (Å²) < 4.78 is 0. The van der Waals surface area contributed by atoms with Gasteiger partial charge in [0.1, 0.15) is 0 Å². The highest BCUT2D eigenvalue weighted by molar-refractivity contribution is 8.03. The molecule has 0 bridgehead atoms. The van der Waals surface area contributed by atoms with Crippen molar-refractivity contribution in [3.05, 3.63) is 77.8 Å². The molecule has 4 heteroatoms. The number of hydrazine groups is 1. The molecule has 0 spiro atoms. The summed E-state index contributed by atoms with van der Waals surface area (Å²) in [4.78, 5) is 0. The predicted molar refractivity (Wildman–Crippen MR) is 83.8 cm³/mol. The number of hydrogen-bond acceptors (Lipinski definition) is 4. The van der Waals surface area contributed by atoms with Crippen molar-refractivity contribution in [3.8, 4) is 0 Å². The Morgan fingerprint density at radius 2 is 1.65 bits per heavy atom. The van der Waals surface area contributed by atoms with Crippen molar-refractivity contribution in [2.24, 2.45) is 0 Å². The Hall–Kier alpha value is -1.91. The van der Waals surface area contributed by atoms with Gasteiger partial charge in [-0.25, -0.2) is 5.01 Å². The second-order valence-corrected chi connectivity index (χ2v) is 5.73. The molecule has 0 aliphatic carbocycles. The molecule has 2 aromatic carbocycles. The molecule has 2 aromatic rings. The molecular formula is C16H16N2OS. The van der Waals surface area contributed by atoms with Crippen molar-refractivity contribution in [1.82, 2.24) is 5.01 Å². The third-order valence-corrected chi connectivity index (χ3v) is 4.37. The number of benzene rings is 2. The van der Waals surface area contributed by atoms with E-state index in [0.29, 0.717) is 5.75 Å². The number of nitrogens with one attached hydrogen (secondary N) is 1. The fourth-order valence-electron chi connectivity index (χ4n) is 2.23. The van der Waals surface area contributed by atoms with Crippen LogP contribution in [0.1, 0.15) is 5.56 Å². The van der Waals surface area contributed by atoms with Gasteiger partial charge in [-0.05, 0) is 12.1 Å². The van der Waals surface area contributed by atoms with Crippen LogP contribution < -0.4 is 5.43 Å². The molecule has 1 heterocycles. The van der Waals surface area contributed by atoms with E-state index in [4.69, 9.17) is 0 Å². The van der Waals surface area contributed by atoms with Crippen LogP contribution in [0.25, 0.3) is 0 Å². The molecule has 1 aliphatic rings. The summed E-state index contributed by atoms with van der Waals surface area (Å²) in [7, 11) is 0. The fourth-order valence-corrected chi connectivity index (χ4v) is 3.22. The molecule has 0 aromatic heterocycles. The van der Waals surface area contributed by atoms with E-state index < -0.39 is 5.72 Å². The van der Waals surface area contributed by atoms with Crippen molar-refractivity contribution < 1.29 is 5.11 Å². The smallest absolute Gasteiger partial charge is 0.192 e. The first-order chi connectivity index (χ1) is 9.70. The molecule has 0 amide bonds. The number of rotatable bonds is 3. The topological polar surface area (TPSA) is 35.5 Å². The number of thioether (sulfide) groups is 1. The van der Waals surface area contributed by atoms with Gasteiger partial charge in [0.05, 0.1) is 16.5 Å². The summed E-state index contributed by atoms with van der Waals surface area (Å²) in [6.07, 6.45) is 0. The van der Waals surface area contributed by atoms with Crippen LogP contribution in [0.5, 0.6) is 0 Å². The van der Waals surface area contributed by atoms with Crippen LogP contribution in [0.15, 0.2) is 72.3 Å². The van der Waals surface area contributed by atoms with Crippen molar-refractivity contribution in [1.29, 1.82) is 0 Å². The minimum Gasteiger partial charge on any atom is -0.365 e. The monoisotopic (exact) mass is 284 g/mol. The van der Waals surface area contributed by atoms with Gasteiger partial charge in [-0.15, -0.1) is 11.8 Å². The van der Waals surface area contributed by atoms with Gasteiger partial charge in [-0.3, -0.25) is 5.43 Å². The molecule has 0 radical (unpaired) electrons. The van der Waals surface area contributed by atoms with E-state index in [-0.39, 0.29) is 0 Å². The lowest BCUT2D eigenvalue weighted by Gasteiger charge is -2.35. The Balaban J connectivity index is 1.93. The molecule has 1 saturated heterocycles. The first-order valence-corrected chi connectivity index (χ1v) is 7.40. The lowest BCUT2D eigenvalue weighted by atomic mass is 10.0. The van der Waals surface area contributed by atoms with Crippen LogP contribution >= 0.6 is 11.8 Å². The lowest BCUT2D eigenvalue weighted by Crippen LogP contribution is -2.45. The average molecular weight is 284 g/mol. The molecule has 102 valence electrons. The van der Waals surface area contributed by atoms with Crippen LogP contribution in [0.4, 0.5) is 5.69 Å². The van der Waals surface area contributed by atoms with Crippen molar-refractivity contribution in [2.75, 3.05) is 11.2 Å². The molecule has 3 nitrogen and oxygen atoms in total. The minimum atomic E-state index is -1.08. The van der Waals surface area contributed by atoms with E-state index in [0.717, 1.165) is 16.3 Å². The van der Waals surface area contributed by atoms with E-state index in [1.54, 1.807) is 16.8 Å². The maximum Gasteiger partial charge on any atom is 0.192 e. The molecule has 2 N–H and O–H groups in total. The van der Waals surface area contributed by atoms with Crippen LogP contribution in [0.3, 0.4) is 0 Å². The van der Waals surface area contributed by atoms with E-state index in [9.17, 15) is 5.11 Å². The fraction of sp³-hybridized carbons (Fsp3) is 0.125. The van der Waals surface area contributed by atoms with Gasteiger partial charge < -0.3 is 5.11 Å². The summed E-state index contributed by atoms with van der Waals surface area (Å²) in [5, 5.41) is 13.6. The summed E-state index contributed by atoms with van der Waals surface area (Å²) in [6.45, 7) is 4.02. The standard InChI is InChI=1S/C16H16N2OS/c1-13-18(17-15-10-6-3-7-11-15)16(19,12-20-13)14-8-4-2-5-9-14/h2-11,17,19H,1,12H2. The second-order valence-electron chi connectivity index (χ2n) is 4.68. The van der Waals surface area contributed by atoms with Gasteiger partial charge in [0.25, 0.3) is 0 Å². The highest BCUT2D eigenvalue weighted by Gasteiger charge is 2.43. The van der Waals surface area contributed by atoms with E-state index >= 15 is 0 Å². The number of aliphatic hydroxyl groups is 1. The predicted octanol–water partition coefficient (Wildman–Crippen LogP) is 3.38. The first-order valence-electron chi connectivity index (χ1n) is 6.42. The van der Waals surface area contributed by atoms with E-state index in [1.165, 1.54) is 0 Å². The van der Waals surface area contributed by atoms with Crippen molar-refractivity contribution in [2.45, 2.75) is 5.72 Å². The zero-order valence-corrected chi connectivity index (χ0v) is 11.8. The SMILES string of the molecule is C=C1SCC(O)(c2ccccc2)N1Nc1ccccc1. The third kappa shape index (κ3) is 2.28. The third-order valence-electron chi connectivity index (χ3n) is 3.31. The van der Waals surface area contributed by atoms with Gasteiger partial charge in [-0.1, -0.05) is 55.1 Å². The van der Waals surface area contributed by atoms with Crippen LogP contribution in [0.2, 0.25) is 0 Å². The Bertz CT molecular complexity index is 602. The van der Waals surface area contributed by atoms with Crippen LogP contribution in [-0.2, 0) is 5.72 Å². The number of anilines is 1. The van der Waals surface area contributed by atoms with Gasteiger partial charge in [0, 0.05) is 5.56 Å². The maximum atomic E-state index is 11.0. The Morgan fingerprint density at radius 1 is 1.05 bits per heavy atom. The van der Waals surface area contributed by atoms with Gasteiger partial charge in [-0.2, -0.15) is 0 Å². The quantitative estimate of drug-likeness (QED) is 0.906. The zero-order chi connectivity index (χ0) is 14.0. The molecule has 1 unspecified atom stereocenters. The second kappa shape index (κ2) is 5.23. The highest BCUT2D eigenvalue weighted by Crippen LogP contribution is 2.43. The van der Waals surface area contributed by atoms with E-state index in [1.807, 2.05) is 60.7 Å². The summed E-state index contributed by atoms with van der Waals surface area (Å²) in [5.74, 6) is 0.551. The molecule has 20 heavy (non-hydrogen) atoms. The highest BCUT2D eigenvalue weighted by atomic mass is 32.2. The Morgan fingerprint density at radius 3 is 2.30 bits per heavy atom. The summed E-state index contributed by atoms with van der Waals surface area (Å²) >= 11 is 1.55. The molecule has 1 atom stereocenters. The van der Waals surface area contributed by atoms with Crippen LogP contribution in [-0.4, -0.2) is 15.9 Å². The van der Waals surface area contributed by atoms with Gasteiger partial charge in [0.15, 0.2) is 5.72 Å². The number of nitrogens with zero attached hydrogens (tertiary/aromatic N) is 1. The average Bonchev–Trinajstić information content (AvgIpc) is 2.79. The lowest BCUT2D eigenvalue weighted by molar-refractivity contribution is -0.0500. The molecule has 1 fully saturated rings. The first kappa shape index (κ1) is 13.1. The minimum absolute atomic E-state index is 0.551. The Labute approximate surface area is 122 Å². The van der Waals surface area contributed by atoms with Crippen LogP contribution in [0, 0.1) is 0 Å². The Kier molecular flexibility index (Phi) is 3.42. The van der Waals surface area contributed by atoms with E-state index in [2.05, 4.69) is 12.0 Å². The summed E-state index contributed by atoms with van der Waals surface area (Å²) in [5.41, 5.74) is 3.94. The van der Waals surface area contributed by atoms with Crippen molar-refractivity contribution in [3.63, 3.8) is 0 Å².